The lowest BCUT2D eigenvalue weighted by molar-refractivity contribution is -0.137. The number of hydrogen-bond donors (Lipinski definition) is 1. The minimum absolute atomic E-state index is 0.138. The number of carbonyl (C=O) groups is 1. The number of carbonyl (C=O) groups excluding carboxylic acids is 1. The highest BCUT2D eigenvalue weighted by Gasteiger charge is 2.31. The summed E-state index contributed by atoms with van der Waals surface area (Å²) in [6, 6.07) is 6.44. The summed E-state index contributed by atoms with van der Waals surface area (Å²) in [5.41, 5.74) is -0.777. The van der Waals surface area contributed by atoms with Gasteiger partial charge in [0.05, 0.1) is 11.1 Å². The number of fused-ring (bicyclic) bond motifs is 1. The van der Waals surface area contributed by atoms with Gasteiger partial charge >= 0.3 is 6.18 Å². The van der Waals surface area contributed by atoms with E-state index in [2.05, 4.69) is 10.3 Å². The van der Waals surface area contributed by atoms with Gasteiger partial charge in [-0.1, -0.05) is 6.07 Å². The number of nitrogens with zero attached hydrogens (tertiary/aromatic N) is 2. The number of rotatable bonds is 4. The molecule has 140 valence electrons. The van der Waals surface area contributed by atoms with Crippen LogP contribution in [-0.4, -0.2) is 15.5 Å². The van der Waals surface area contributed by atoms with E-state index in [9.17, 15) is 22.8 Å². The van der Waals surface area contributed by atoms with Crippen molar-refractivity contribution in [3.8, 4) is 0 Å². The zero-order valence-corrected chi connectivity index (χ0v) is 14.4. The van der Waals surface area contributed by atoms with Crippen LogP contribution in [0.4, 0.5) is 13.2 Å². The Morgan fingerprint density at radius 1 is 1.26 bits per heavy atom. The average Bonchev–Trinajstić information content (AvgIpc) is 2.66. The van der Waals surface area contributed by atoms with E-state index < -0.39 is 23.1 Å². The molecule has 2 heterocycles. The number of aromatic nitrogens is 2. The molecule has 3 aromatic rings. The van der Waals surface area contributed by atoms with E-state index in [1.807, 2.05) is 0 Å². The van der Waals surface area contributed by atoms with Gasteiger partial charge in [0.2, 0.25) is 5.43 Å². The summed E-state index contributed by atoms with van der Waals surface area (Å²) >= 11 is 0. The molecular weight excluding hydrogens is 359 g/mol. The lowest BCUT2D eigenvalue weighted by Gasteiger charge is -2.14. The number of nitrogens with one attached hydrogen (secondary N) is 1. The molecule has 0 unspecified atom stereocenters. The Balaban J connectivity index is 2.03. The molecule has 1 amide bonds. The van der Waals surface area contributed by atoms with Crippen LogP contribution >= 0.6 is 0 Å². The Hall–Kier alpha value is -3.16. The van der Waals surface area contributed by atoms with Crippen molar-refractivity contribution >= 4 is 16.8 Å². The quantitative estimate of drug-likeness (QED) is 0.761. The van der Waals surface area contributed by atoms with Crippen molar-refractivity contribution < 1.29 is 18.0 Å². The molecule has 0 aliphatic heterocycles. The van der Waals surface area contributed by atoms with E-state index in [4.69, 9.17) is 0 Å². The molecule has 1 N–H and O–H groups in total. The SMILES string of the molecule is CCn1cc(C(=O)NCc2cccnc2)c(=O)c2cc(C(F)(F)F)ccc21. The van der Waals surface area contributed by atoms with Crippen LogP contribution in [0, 0.1) is 0 Å². The van der Waals surface area contributed by atoms with Crippen molar-refractivity contribution in [3.63, 3.8) is 0 Å². The van der Waals surface area contributed by atoms with E-state index in [-0.39, 0.29) is 17.5 Å². The van der Waals surface area contributed by atoms with Crippen molar-refractivity contribution in [2.45, 2.75) is 26.2 Å². The average molecular weight is 375 g/mol. The van der Waals surface area contributed by atoms with Gasteiger partial charge in [-0.05, 0) is 36.8 Å². The lowest BCUT2D eigenvalue weighted by atomic mass is 10.1. The number of pyridine rings is 2. The van der Waals surface area contributed by atoms with E-state index >= 15 is 0 Å². The fourth-order valence-electron chi connectivity index (χ4n) is 2.78. The van der Waals surface area contributed by atoms with Crippen LogP contribution in [0.15, 0.2) is 53.7 Å². The first-order valence-electron chi connectivity index (χ1n) is 8.22. The predicted molar refractivity (Wildman–Crippen MR) is 94.3 cm³/mol. The maximum atomic E-state index is 13.0. The first-order valence-corrected chi connectivity index (χ1v) is 8.22. The largest absolute Gasteiger partial charge is 0.416 e. The monoisotopic (exact) mass is 375 g/mol. The Bertz CT molecular complexity index is 1040. The highest BCUT2D eigenvalue weighted by molar-refractivity contribution is 5.97. The summed E-state index contributed by atoms with van der Waals surface area (Å²) in [7, 11) is 0. The Kier molecular flexibility index (Phi) is 4.98. The molecule has 0 aliphatic rings. The molecular formula is C19H16F3N3O2. The van der Waals surface area contributed by atoms with Gasteiger partial charge in [-0.3, -0.25) is 14.6 Å². The van der Waals surface area contributed by atoms with E-state index in [1.54, 1.807) is 36.0 Å². The van der Waals surface area contributed by atoms with Crippen LogP contribution in [0.2, 0.25) is 0 Å². The smallest absolute Gasteiger partial charge is 0.348 e. The van der Waals surface area contributed by atoms with Crippen LogP contribution in [0.1, 0.15) is 28.4 Å². The molecule has 8 heteroatoms. The molecule has 0 aliphatic carbocycles. The van der Waals surface area contributed by atoms with Crippen molar-refractivity contribution in [2.75, 3.05) is 0 Å². The van der Waals surface area contributed by atoms with Gasteiger partial charge in [0.1, 0.15) is 5.56 Å². The predicted octanol–water partition coefficient (Wildman–Crippen LogP) is 3.37. The number of benzene rings is 1. The molecule has 5 nitrogen and oxygen atoms in total. The summed E-state index contributed by atoms with van der Waals surface area (Å²) in [5.74, 6) is -0.648. The highest BCUT2D eigenvalue weighted by Crippen LogP contribution is 2.30. The fourth-order valence-corrected chi connectivity index (χ4v) is 2.78. The second-order valence-corrected chi connectivity index (χ2v) is 5.93. The molecule has 2 aromatic heterocycles. The van der Waals surface area contributed by atoms with E-state index in [1.165, 1.54) is 12.3 Å². The number of alkyl halides is 3. The Morgan fingerprint density at radius 3 is 2.67 bits per heavy atom. The first-order chi connectivity index (χ1) is 12.8. The topological polar surface area (TPSA) is 64.0 Å². The lowest BCUT2D eigenvalue weighted by Crippen LogP contribution is -2.29. The summed E-state index contributed by atoms with van der Waals surface area (Å²) < 4.78 is 40.6. The van der Waals surface area contributed by atoms with Gasteiger partial charge in [0.15, 0.2) is 0 Å². The van der Waals surface area contributed by atoms with Gasteiger partial charge in [0, 0.05) is 37.1 Å². The number of hydrogen-bond acceptors (Lipinski definition) is 3. The van der Waals surface area contributed by atoms with Crippen molar-refractivity contribution in [3.05, 3.63) is 75.8 Å². The third kappa shape index (κ3) is 3.84. The van der Waals surface area contributed by atoms with Gasteiger partial charge in [0.25, 0.3) is 5.91 Å². The van der Waals surface area contributed by atoms with Crippen LogP contribution in [0.3, 0.4) is 0 Å². The maximum Gasteiger partial charge on any atom is 0.416 e. The summed E-state index contributed by atoms with van der Waals surface area (Å²) in [6.07, 6.45) is -0.0415. The number of aryl methyl sites for hydroxylation is 1. The second kappa shape index (κ2) is 7.22. The van der Waals surface area contributed by atoms with Crippen LogP contribution in [-0.2, 0) is 19.3 Å². The van der Waals surface area contributed by atoms with Gasteiger partial charge in [-0.2, -0.15) is 13.2 Å². The molecule has 0 radical (unpaired) electrons. The third-order valence-corrected chi connectivity index (χ3v) is 4.17. The summed E-state index contributed by atoms with van der Waals surface area (Å²) in [5, 5.41) is 2.46. The van der Waals surface area contributed by atoms with Crippen LogP contribution in [0.5, 0.6) is 0 Å². The van der Waals surface area contributed by atoms with E-state index in [0.717, 1.165) is 17.7 Å². The van der Waals surface area contributed by atoms with Crippen LogP contribution < -0.4 is 10.7 Å². The Labute approximate surface area is 152 Å². The molecule has 0 spiro atoms. The minimum atomic E-state index is -4.57. The molecule has 0 saturated heterocycles. The Morgan fingerprint density at radius 2 is 2.04 bits per heavy atom. The molecule has 0 saturated carbocycles. The number of amides is 1. The molecule has 27 heavy (non-hydrogen) atoms. The summed E-state index contributed by atoms with van der Waals surface area (Å²) in [4.78, 5) is 29.1. The van der Waals surface area contributed by atoms with Crippen molar-refractivity contribution in [1.82, 2.24) is 14.9 Å². The van der Waals surface area contributed by atoms with Crippen LogP contribution in [0.25, 0.3) is 10.9 Å². The molecule has 0 atom stereocenters. The molecule has 0 fully saturated rings. The minimum Gasteiger partial charge on any atom is -0.348 e. The standard InChI is InChI=1S/C19H16F3N3O2/c1-2-25-11-15(18(27)24-10-12-4-3-7-23-9-12)17(26)14-8-13(19(20,21)22)5-6-16(14)25/h3-9,11H,2,10H2,1H3,(H,24,27). The van der Waals surface area contributed by atoms with Crippen molar-refractivity contribution in [2.24, 2.45) is 0 Å². The van der Waals surface area contributed by atoms with E-state index in [0.29, 0.717) is 12.1 Å². The second-order valence-electron chi connectivity index (χ2n) is 5.93. The molecule has 0 bridgehead atoms. The number of halogens is 3. The summed E-state index contributed by atoms with van der Waals surface area (Å²) in [6.45, 7) is 2.32. The molecule has 3 rings (SSSR count). The zero-order chi connectivity index (χ0) is 19.6. The van der Waals surface area contributed by atoms with Gasteiger partial charge in [-0.25, -0.2) is 0 Å². The first kappa shape index (κ1) is 18.6. The van der Waals surface area contributed by atoms with Crippen molar-refractivity contribution in [1.29, 1.82) is 0 Å². The highest BCUT2D eigenvalue weighted by atomic mass is 19.4. The molecule has 1 aromatic carbocycles. The normalized spacial score (nSPS) is 11.6. The third-order valence-electron chi connectivity index (χ3n) is 4.17. The fraction of sp³-hybridized carbons (Fsp3) is 0.211. The van der Waals surface area contributed by atoms with Gasteiger partial charge in [-0.15, -0.1) is 0 Å². The maximum absolute atomic E-state index is 13.0. The zero-order valence-electron chi connectivity index (χ0n) is 14.4. The van der Waals surface area contributed by atoms with Gasteiger partial charge < -0.3 is 9.88 Å².